The number of anilines is 1. The van der Waals surface area contributed by atoms with Gasteiger partial charge in [0.2, 0.25) is 5.28 Å². The Kier molecular flexibility index (Phi) is 4.19. The van der Waals surface area contributed by atoms with E-state index >= 15 is 0 Å². The number of aliphatic hydroxyl groups is 1. The Morgan fingerprint density at radius 2 is 1.96 bits per heavy atom. The second kappa shape index (κ2) is 6.31. The second-order valence-corrected chi connectivity index (χ2v) is 6.48. The maximum Gasteiger partial charge on any atom is 0.416 e. The van der Waals surface area contributed by atoms with E-state index in [1.54, 1.807) is 0 Å². The predicted octanol–water partition coefficient (Wildman–Crippen LogP) is 3.01. The lowest BCUT2D eigenvalue weighted by Gasteiger charge is -2.17. The Bertz CT molecular complexity index is 998. The number of halogens is 5. The molecule has 1 N–H and O–H groups in total. The van der Waals surface area contributed by atoms with E-state index in [0.717, 1.165) is 12.1 Å². The van der Waals surface area contributed by atoms with Crippen molar-refractivity contribution in [2.24, 2.45) is 0 Å². The van der Waals surface area contributed by atoms with Crippen LogP contribution in [-0.2, 0) is 6.18 Å². The molecule has 27 heavy (non-hydrogen) atoms. The minimum atomic E-state index is -4.50. The lowest BCUT2D eigenvalue weighted by atomic mass is 10.2. The Morgan fingerprint density at radius 1 is 1.19 bits per heavy atom. The Hall–Kier alpha value is -2.46. The third-order valence-electron chi connectivity index (χ3n) is 4.32. The number of hydrogen-bond donors (Lipinski definition) is 1. The average molecular weight is 402 g/mol. The normalized spacial score (nSPS) is 20.6. The minimum Gasteiger partial charge on any atom is -0.388 e. The first-order valence-corrected chi connectivity index (χ1v) is 8.28. The van der Waals surface area contributed by atoms with Crippen molar-refractivity contribution in [3.63, 3.8) is 0 Å². The van der Waals surface area contributed by atoms with E-state index in [1.165, 1.54) is 27.9 Å². The van der Waals surface area contributed by atoms with Crippen molar-refractivity contribution in [2.45, 2.75) is 18.5 Å². The van der Waals surface area contributed by atoms with Crippen molar-refractivity contribution in [1.29, 1.82) is 0 Å². The fraction of sp³-hybridized carbons (Fsp3) is 0.312. The Balaban J connectivity index is 1.83. The van der Waals surface area contributed by atoms with Gasteiger partial charge in [0.05, 0.1) is 29.4 Å². The summed E-state index contributed by atoms with van der Waals surface area (Å²) in [5.41, 5.74) is -0.501. The summed E-state index contributed by atoms with van der Waals surface area (Å²) in [4.78, 5) is 9.65. The van der Waals surface area contributed by atoms with Gasteiger partial charge in [-0.1, -0.05) is 6.07 Å². The van der Waals surface area contributed by atoms with E-state index in [1.807, 2.05) is 0 Å². The van der Waals surface area contributed by atoms with Crippen LogP contribution in [0.15, 0.2) is 30.5 Å². The van der Waals surface area contributed by atoms with Crippen LogP contribution < -0.4 is 4.90 Å². The molecule has 1 aromatic carbocycles. The van der Waals surface area contributed by atoms with Gasteiger partial charge in [0.25, 0.3) is 0 Å². The van der Waals surface area contributed by atoms with Crippen LogP contribution in [0.25, 0.3) is 16.7 Å². The van der Waals surface area contributed by atoms with Gasteiger partial charge in [-0.25, -0.2) is 9.07 Å². The number of benzene rings is 1. The van der Waals surface area contributed by atoms with Crippen LogP contribution in [0.1, 0.15) is 5.56 Å². The smallest absolute Gasteiger partial charge is 0.388 e. The number of rotatable bonds is 2. The molecular formula is C16H12ClF4N5O. The largest absolute Gasteiger partial charge is 0.416 e. The summed E-state index contributed by atoms with van der Waals surface area (Å²) in [6.07, 6.45) is -5.72. The van der Waals surface area contributed by atoms with Gasteiger partial charge in [0.1, 0.15) is 18.1 Å². The van der Waals surface area contributed by atoms with Gasteiger partial charge in [-0.05, 0) is 29.8 Å². The van der Waals surface area contributed by atoms with Gasteiger partial charge >= 0.3 is 6.18 Å². The van der Waals surface area contributed by atoms with Gasteiger partial charge in [0, 0.05) is 6.54 Å². The summed E-state index contributed by atoms with van der Waals surface area (Å²) in [6.45, 7) is -0.0727. The van der Waals surface area contributed by atoms with Gasteiger partial charge < -0.3 is 10.0 Å². The minimum absolute atomic E-state index is 0.0122. The van der Waals surface area contributed by atoms with Crippen molar-refractivity contribution in [1.82, 2.24) is 19.7 Å². The fourth-order valence-corrected chi connectivity index (χ4v) is 3.19. The fourth-order valence-electron chi connectivity index (χ4n) is 3.03. The van der Waals surface area contributed by atoms with Crippen LogP contribution >= 0.6 is 11.6 Å². The molecule has 142 valence electrons. The lowest BCUT2D eigenvalue weighted by molar-refractivity contribution is -0.137. The number of fused-ring (bicyclic) bond motifs is 1. The first-order valence-electron chi connectivity index (χ1n) is 7.90. The number of nitrogens with zero attached hydrogens (tertiary/aromatic N) is 5. The molecule has 1 aliphatic heterocycles. The van der Waals surface area contributed by atoms with Gasteiger partial charge in [-0.15, -0.1) is 0 Å². The third kappa shape index (κ3) is 3.19. The molecule has 0 unspecified atom stereocenters. The number of aromatic nitrogens is 4. The molecule has 0 saturated carbocycles. The Labute approximate surface area is 155 Å². The summed E-state index contributed by atoms with van der Waals surface area (Å²) >= 11 is 5.97. The van der Waals surface area contributed by atoms with Crippen molar-refractivity contribution in [3.8, 4) is 5.69 Å². The topological polar surface area (TPSA) is 67.1 Å². The first-order chi connectivity index (χ1) is 12.7. The van der Waals surface area contributed by atoms with Gasteiger partial charge in [-0.3, -0.25) is 0 Å². The van der Waals surface area contributed by atoms with Crippen LogP contribution in [0, 0.1) is 0 Å². The number of alkyl halides is 4. The Morgan fingerprint density at radius 3 is 2.63 bits per heavy atom. The standard InChI is InChI=1S/C16H12ClF4N5O/c17-15-23-13(25-6-11(18)12(27)7-25)10-5-22-26(14(10)24-15)9-3-1-2-8(4-9)16(19,20)21/h1-5,11-12,27H,6-7H2/t11-,12-/m0/s1. The summed E-state index contributed by atoms with van der Waals surface area (Å²) in [5, 5.41) is 14.0. The van der Waals surface area contributed by atoms with Crippen LogP contribution in [0.3, 0.4) is 0 Å². The zero-order valence-corrected chi connectivity index (χ0v) is 14.3. The quantitative estimate of drug-likeness (QED) is 0.528. The maximum absolute atomic E-state index is 13.7. The highest BCUT2D eigenvalue weighted by Gasteiger charge is 2.34. The van der Waals surface area contributed by atoms with E-state index in [0.29, 0.717) is 5.39 Å². The molecule has 0 bridgehead atoms. The maximum atomic E-state index is 13.7. The second-order valence-electron chi connectivity index (χ2n) is 6.15. The number of β-amino-alcohol motifs (C(OH)–C–C–N with tert-alkyl or cyclic N) is 1. The first kappa shape index (κ1) is 17.9. The molecular weight excluding hydrogens is 390 g/mol. The van der Waals surface area contributed by atoms with Gasteiger partial charge in [-0.2, -0.15) is 28.2 Å². The highest BCUT2D eigenvalue weighted by atomic mass is 35.5. The third-order valence-corrected chi connectivity index (χ3v) is 4.49. The van der Waals surface area contributed by atoms with Crippen molar-refractivity contribution < 1.29 is 22.7 Å². The molecule has 1 fully saturated rings. The molecule has 6 nitrogen and oxygen atoms in total. The summed E-state index contributed by atoms with van der Waals surface area (Å²) < 4.78 is 53.9. The van der Waals surface area contributed by atoms with Crippen molar-refractivity contribution in [3.05, 3.63) is 41.3 Å². The van der Waals surface area contributed by atoms with Gasteiger partial charge in [0.15, 0.2) is 5.65 Å². The van der Waals surface area contributed by atoms with Crippen molar-refractivity contribution in [2.75, 3.05) is 18.0 Å². The highest BCUT2D eigenvalue weighted by molar-refractivity contribution is 6.28. The zero-order chi connectivity index (χ0) is 19.3. The predicted molar refractivity (Wildman–Crippen MR) is 89.8 cm³/mol. The molecule has 4 rings (SSSR count). The number of hydrogen-bond acceptors (Lipinski definition) is 5. The molecule has 1 saturated heterocycles. The van der Waals surface area contributed by atoms with Crippen LogP contribution in [0.5, 0.6) is 0 Å². The highest BCUT2D eigenvalue weighted by Crippen LogP contribution is 2.33. The summed E-state index contributed by atoms with van der Waals surface area (Å²) in [6, 6.07) is 4.61. The molecule has 2 aromatic heterocycles. The van der Waals surface area contributed by atoms with Crippen LogP contribution in [-0.4, -0.2) is 50.2 Å². The molecule has 11 heteroatoms. The molecule has 1 aliphatic rings. The van der Waals surface area contributed by atoms with E-state index in [4.69, 9.17) is 11.6 Å². The zero-order valence-electron chi connectivity index (χ0n) is 13.5. The molecule has 3 aromatic rings. The molecule has 0 spiro atoms. The molecule has 0 amide bonds. The van der Waals surface area contributed by atoms with Crippen LogP contribution in [0.2, 0.25) is 5.28 Å². The van der Waals surface area contributed by atoms with Crippen LogP contribution in [0.4, 0.5) is 23.4 Å². The lowest BCUT2D eigenvalue weighted by Crippen LogP contribution is -2.22. The molecule has 0 aliphatic carbocycles. The molecule has 0 radical (unpaired) electrons. The summed E-state index contributed by atoms with van der Waals surface area (Å²) in [7, 11) is 0. The molecule has 3 heterocycles. The SMILES string of the molecule is O[C@H]1CN(c2nc(Cl)nc3c2cnn3-c2cccc(C(F)(F)F)c2)C[C@@H]1F. The molecule has 2 atom stereocenters. The van der Waals surface area contributed by atoms with E-state index < -0.39 is 24.0 Å². The van der Waals surface area contributed by atoms with E-state index in [2.05, 4.69) is 15.1 Å². The monoisotopic (exact) mass is 401 g/mol. The van der Waals surface area contributed by atoms with Crippen molar-refractivity contribution >= 4 is 28.5 Å². The van der Waals surface area contributed by atoms with E-state index in [9.17, 15) is 22.7 Å². The number of aliphatic hydroxyl groups excluding tert-OH is 1. The van der Waals surface area contributed by atoms with E-state index in [-0.39, 0.29) is 35.5 Å². The average Bonchev–Trinajstić information content (AvgIpc) is 3.17. The summed E-state index contributed by atoms with van der Waals surface area (Å²) in [5.74, 6) is 0.266.